The Hall–Kier alpha value is -0.800. The lowest BCUT2D eigenvalue weighted by molar-refractivity contribution is 0.0913. The fraction of sp³-hybridized carbons (Fsp3) is 0.455. The fourth-order valence-electron chi connectivity index (χ4n) is 1.19. The molecule has 0 fully saturated rings. The highest BCUT2D eigenvalue weighted by Crippen LogP contribution is 2.15. The minimum atomic E-state index is -0.546. The van der Waals surface area contributed by atoms with Crippen molar-refractivity contribution in [1.29, 1.82) is 0 Å². The first-order chi connectivity index (χ1) is 7.67. The summed E-state index contributed by atoms with van der Waals surface area (Å²) in [5.41, 5.74) is -0.0358. The molecule has 5 heteroatoms. The molecule has 1 heterocycles. The van der Waals surface area contributed by atoms with Crippen molar-refractivity contribution >= 4 is 29.1 Å². The van der Waals surface area contributed by atoms with Crippen LogP contribution in [0.25, 0.3) is 0 Å². The van der Waals surface area contributed by atoms with E-state index in [0.29, 0.717) is 23.7 Å². The molecule has 1 amide bonds. The summed E-state index contributed by atoms with van der Waals surface area (Å²) in [5.74, 6) is 0.383. The van der Waals surface area contributed by atoms with Crippen molar-refractivity contribution in [2.75, 3.05) is 11.8 Å². The maximum atomic E-state index is 11.9. The number of nitrogens with one attached hydrogen (secondary N) is 1. The smallest absolute Gasteiger partial charge is 0.253 e. The van der Waals surface area contributed by atoms with Gasteiger partial charge in [0.25, 0.3) is 5.91 Å². The molecule has 1 N–H and O–H groups in total. The summed E-state index contributed by atoms with van der Waals surface area (Å²) in [5, 5.41) is 2.85. The number of carbonyl (C=O) groups excluding carboxylic acids is 1. The van der Waals surface area contributed by atoms with E-state index in [2.05, 4.69) is 10.3 Å². The summed E-state index contributed by atoms with van der Waals surface area (Å²) in [6.07, 6.45) is 3.82. The van der Waals surface area contributed by atoms with Crippen LogP contribution in [0.15, 0.2) is 24.5 Å². The molecule has 0 saturated carbocycles. The summed E-state index contributed by atoms with van der Waals surface area (Å²) in [4.78, 5) is 15.8. The van der Waals surface area contributed by atoms with Crippen molar-refractivity contribution in [1.82, 2.24) is 10.3 Å². The first-order valence-corrected chi connectivity index (χ1v) is 6.09. The van der Waals surface area contributed by atoms with Gasteiger partial charge >= 0.3 is 0 Å². The molecule has 1 aromatic rings. The van der Waals surface area contributed by atoms with Gasteiger partial charge < -0.3 is 5.32 Å². The third-order valence-corrected chi connectivity index (χ3v) is 3.51. The van der Waals surface area contributed by atoms with Gasteiger partial charge in [0.15, 0.2) is 0 Å². The molecule has 0 aliphatic rings. The monoisotopic (exact) mass is 260 g/mol. The quantitative estimate of drug-likeness (QED) is 0.827. The number of nitrogens with zero attached hydrogens (tertiary/aromatic N) is 1. The van der Waals surface area contributed by atoms with Gasteiger partial charge in [-0.2, -0.15) is 0 Å². The maximum absolute atomic E-state index is 11.9. The SMILES string of the molecule is CCC(CCl)(CCl)NC(=O)c1cccnc1. The Labute approximate surface area is 105 Å². The second-order valence-corrected chi connectivity index (χ2v) is 4.13. The van der Waals surface area contributed by atoms with E-state index >= 15 is 0 Å². The molecule has 0 radical (unpaired) electrons. The Balaban J connectivity index is 2.77. The molecule has 0 unspecified atom stereocenters. The third-order valence-electron chi connectivity index (χ3n) is 2.49. The molecule has 0 spiro atoms. The predicted molar refractivity (Wildman–Crippen MR) is 66.2 cm³/mol. The van der Waals surface area contributed by atoms with Gasteiger partial charge in [0.05, 0.1) is 11.1 Å². The highest BCUT2D eigenvalue weighted by atomic mass is 35.5. The number of carbonyl (C=O) groups is 1. The largest absolute Gasteiger partial charge is 0.344 e. The fourth-order valence-corrected chi connectivity index (χ4v) is 1.99. The molecule has 88 valence electrons. The molecule has 0 aromatic carbocycles. The van der Waals surface area contributed by atoms with Crippen LogP contribution in [0.1, 0.15) is 23.7 Å². The zero-order valence-electron chi connectivity index (χ0n) is 9.04. The summed E-state index contributed by atoms with van der Waals surface area (Å²) in [6.45, 7) is 1.94. The van der Waals surface area contributed by atoms with E-state index in [9.17, 15) is 4.79 Å². The molecule has 3 nitrogen and oxygen atoms in total. The van der Waals surface area contributed by atoms with Crippen molar-refractivity contribution in [3.63, 3.8) is 0 Å². The second kappa shape index (κ2) is 6.06. The van der Waals surface area contributed by atoms with E-state index in [1.165, 1.54) is 6.20 Å². The molecular weight excluding hydrogens is 247 g/mol. The zero-order chi connectivity index (χ0) is 12.0. The van der Waals surface area contributed by atoms with Crippen LogP contribution < -0.4 is 5.32 Å². The number of pyridine rings is 1. The van der Waals surface area contributed by atoms with Crippen molar-refractivity contribution < 1.29 is 4.79 Å². The highest BCUT2D eigenvalue weighted by molar-refractivity contribution is 6.22. The minimum absolute atomic E-state index is 0.198. The summed E-state index contributed by atoms with van der Waals surface area (Å²) >= 11 is 11.7. The van der Waals surface area contributed by atoms with Gasteiger partial charge in [-0.3, -0.25) is 9.78 Å². The Bertz CT molecular complexity index is 331. The third kappa shape index (κ3) is 3.09. The first-order valence-electron chi connectivity index (χ1n) is 5.02. The van der Waals surface area contributed by atoms with Crippen LogP contribution in [0, 0.1) is 0 Å². The standard InChI is InChI=1S/C11H14Cl2N2O/c1-2-11(7-12,8-13)15-10(16)9-4-3-5-14-6-9/h3-6H,2,7-8H2,1H3,(H,15,16). The van der Waals surface area contributed by atoms with Crippen molar-refractivity contribution in [2.24, 2.45) is 0 Å². The number of rotatable bonds is 5. The summed E-state index contributed by atoms with van der Waals surface area (Å²) in [6, 6.07) is 3.41. The van der Waals surface area contributed by atoms with Crippen LogP contribution in [-0.2, 0) is 0 Å². The molecule has 1 aromatic heterocycles. The molecule has 1 rings (SSSR count). The summed E-state index contributed by atoms with van der Waals surface area (Å²) < 4.78 is 0. The molecule has 0 bridgehead atoms. The number of hydrogen-bond acceptors (Lipinski definition) is 2. The van der Waals surface area contributed by atoms with Crippen LogP contribution in [0.4, 0.5) is 0 Å². The summed E-state index contributed by atoms with van der Waals surface area (Å²) in [7, 11) is 0. The van der Waals surface area contributed by atoms with Crippen LogP contribution in [0.2, 0.25) is 0 Å². The van der Waals surface area contributed by atoms with Gasteiger partial charge in [-0.25, -0.2) is 0 Å². The highest BCUT2D eigenvalue weighted by Gasteiger charge is 2.28. The van der Waals surface area contributed by atoms with Gasteiger partial charge in [0.1, 0.15) is 0 Å². The maximum Gasteiger partial charge on any atom is 0.253 e. The Morgan fingerprint density at radius 1 is 1.50 bits per heavy atom. The van der Waals surface area contributed by atoms with Crippen molar-refractivity contribution in [2.45, 2.75) is 18.9 Å². The number of amides is 1. The first kappa shape index (κ1) is 13.3. The Morgan fingerprint density at radius 2 is 2.19 bits per heavy atom. The molecule has 16 heavy (non-hydrogen) atoms. The lowest BCUT2D eigenvalue weighted by atomic mass is 10.0. The molecule has 0 atom stereocenters. The molecule has 0 aliphatic heterocycles. The Morgan fingerprint density at radius 3 is 2.62 bits per heavy atom. The molecule has 0 saturated heterocycles. The average molecular weight is 261 g/mol. The van der Waals surface area contributed by atoms with Crippen molar-refractivity contribution in [3.05, 3.63) is 30.1 Å². The van der Waals surface area contributed by atoms with Crippen molar-refractivity contribution in [3.8, 4) is 0 Å². The van der Waals surface area contributed by atoms with E-state index in [4.69, 9.17) is 23.2 Å². The van der Waals surface area contributed by atoms with E-state index in [1.54, 1.807) is 18.3 Å². The number of halogens is 2. The van der Waals surface area contributed by atoms with E-state index in [-0.39, 0.29) is 5.91 Å². The van der Waals surface area contributed by atoms with Crippen LogP contribution in [0.5, 0.6) is 0 Å². The molecular formula is C11H14Cl2N2O. The van der Waals surface area contributed by atoms with Crippen LogP contribution in [0.3, 0.4) is 0 Å². The van der Waals surface area contributed by atoms with E-state index in [0.717, 1.165) is 0 Å². The minimum Gasteiger partial charge on any atom is -0.344 e. The normalized spacial score (nSPS) is 11.2. The lowest BCUT2D eigenvalue weighted by Gasteiger charge is -2.29. The number of aromatic nitrogens is 1. The zero-order valence-corrected chi connectivity index (χ0v) is 10.6. The van der Waals surface area contributed by atoms with Gasteiger partial charge in [0.2, 0.25) is 0 Å². The number of alkyl halides is 2. The second-order valence-electron chi connectivity index (χ2n) is 3.60. The average Bonchev–Trinajstić information content (AvgIpc) is 2.37. The lowest BCUT2D eigenvalue weighted by Crippen LogP contribution is -2.51. The van der Waals surface area contributed by atoms with Gasteiger partial charge in [-0.15, -0.1) is 23.2 Å². The van der Waals surface area contributed by atoms with Gasteiger partial charge in [0, 0.05) is 24.2 Å². The van der Waals surface area contributed by atoms with Gasteiger partial charge in [-0.05, 0) is 18.6 Å². The Kier molecular flexibility index (Phi) is 5.03. The topological polar surface area (TPSA) is 42.0 Å². The van der Waals surface area contributed by atoms with E-state index < -0.39 is 5.54 Å². The number of hydrogen-bond donors (Lipinski definition) is 1. The predicted octanol–water partition coefficient (Wildman–Crippen LogP) is 2.44. The van der Waals surface area contributed by atoms with Crippen LogP contribution in [-0.4, -0.2) is 28.2 Å². The molecule has 0 aliphatic carbocycles. The van der Waals surface area contributed by atoms with Gasteiger partial charge in [-0.1, -0.05) is 6.92 Å². The van der Waals surface area contributed by atoms with Crippen LogP contribution >= 0.6 is 23.2 Å². The van der Waals surface area contributed by atoms with E-state index in [1.807, 2.05) is 6.92 Å².